The predicted molar refractivity (Wildman–Crippen MR) is 201 cm³/mol. The average Bonchev–Trinajstić information content (AvgIpc) is 3.02. The third kappa shape index (κ3) is 16.5. The lowest BCUT2D eigenvalue weighted by Gasteiger charge is -2.34. The van der Waals surface area contributed by atoms with Gasteiger partial charge in [0.15, 0.2) is 0 Å². The maximum atomic E-state index is 14.0. The van der Waals surface area contributed by atoms with Gasteiger partial charge in [0, 0.05) is 13.5 Å². The Kier molecular flexibility index (Phi) is 18.9. The molecule has 13 nitrogen and oxygen atoms in total. The van der Waals surface area contributed by atoms with Crippen molar-refractivity contribution in [2.75, 3.05) is 14.2 Å². The van der Waals surface area contributed by atoms with Gasteiger partial charge in [-0.25, -0.2) is 9.59 Å². The third-order valence-electron chi connectivity index (χ3n) is 8.18. The lowest BCUT2D eigenvalue weighted by Crippen LogP contribution is -2.60. The summed E-state index contributed by atoms with van der Waals surface area (Å²) >= 11 is 0. The smallest absolute Gasteiger partial charge is 0.408 e. The number of methoxy groups -OCH3 is 1. The van der Waals surface area contributed by atoms with Crippen LogP contribution in [-0.4, -0.2) is 90.6 Å². The molecule has 0 aliphatic heterocycles. The van der Waals surface area contributed by atoms with Crippen LogP contribution in [0.25, 0.3) is 0 Å². The number of nitrogens with one attached hydrogen (secondary N) is 4. The van der Waals surface area contributed by atoms with E-state index in [2.05, 4.69) is 21.3 Å². The minimum Gasteiger partial charge on any atom is -0.467 e. The second-order valence-corrected chi connectivity index (χ2v) is 16.1. The first kappa shape index (κ1) is 45.9. The number of hydrogen-bond donors (Lipinski definition) is 4. The van der Waals surface area contributed by atoms with Crippen LogP contribution in [0.5, 0.6) is 0 Å². The molecule has 4 N–H and O–H groups in total. The molecule has 0 fully saturated rings. The molecule has 5 atom stereocenters. The van der Waals surface area contributed by atoms with Gasteiger partial charge in [-0.1, -0.05) is 85.7 Å². The Morgan fingerprint density at radius 3 is 1.67 bits per heavy atom. The van der Waals surface area contributed by atoms with Gasteiger partial charge < -0.3 is 35.6 Å². The van der Waals surface area contributed by atoms with Gasteiger partial charge in [-0.15, -0.1) is 0 Å². The van der Waals surface area contributed by atoms with Crippen molar-refractivity contribution in [3.05, 3.63) is 35.9 Å². The molecule has 0 bridgehead atoms. The lowest BCUT2D eigenvalue weighted by molar-refractivity contribution is -0.145. The number of carbonyl (C=O) groups is 6. The van der Waals surface area contributed by atoms with Crippen LogP contribution in [-0.2, 0) is 39.9 Å². The molecule has 0 unspecified atom stereocenters. The quantitative estimate of drug-likeness (QED) is 0.152. The minimum atomic E-state index is -1.06. The normalized spacial score (nSPS) is 14.6. The summed E-state index contributed by atoms with van der Waals surface area (Å²) in [5.74, 6) is -3.12. The van der Waals surface area contributed by atoms with Crippen molar-refractivity contribution in [1.29, 1.82) is 0 Å². The van der Waals surface area contributed by atoms with E-state index < -0.39 is 77.4 Å². The first-order chi connectivity index (χ1) is 24.1. The van der Waals surface area contributed by atoms with Crippen LogP contribution in [0.15, 0.2) is 30.3 Å². The molecule has 0 aromatic heterocycles. The van der Waals surface area contributed by atoms with Crippen molar-refractivity contribution in [3.63, 3.8) is 0 Å². The molecule has 0 aliphatic carbocycles. The Labute approximate surface area is 311 Å². The molecule has 0 spiro atoms. The molecule has 294 valence electrons. The molecule has 52 heavy (non-hydrogen) atoms. The maximum absolute atomic E-state index is 14.0. The average molecular weight is 732 g/mol. The highest BCUT2D eigenvalue weighted by Gasteiger charge is 2.37. The van der Waals surface area contributed by atoms with Gasteiger partial charge in [0.2, 0.25) is 23.6 Å². The van der Waals surface area contributed by atoms with Crippen LogP contribution in [0.3, 0.4) is 0 Å². The van der Waals surface area contributed by atoms with Crippen molar-refractivity contribution < 1.29 is 38.2 Å². The Morgan fingerprint density at radius 1 is 0.673 bits per heavy atom. The topological polar surface area (TPSA) is 172 Å². The summed E-state index contributed by atoms with van der Waals surface area (Å²) in [5.41, 5.74) is 0.0503. The number of rotatable bonds is 19. The van der Waals surface area contributed by atoms with Crippen molar-refractivity contribution in [2.24, 2.45) is 23.7 Å². The van der Waals surface area contributed by atoms with E-state index in [1.54, 1.807) is 34.6 Å². The largest absolute Gasteiger partial charge is 0.467 e. The van der Waals surface area contributed by atoms with Crippen molar-refractivity contribution in [1.82, 2.24) is 26.2 Å². The molecule has 0 aliphatic rings. The van der Waals surface area contributed by atoms with Gasteiger partial charge in [-0.2, -0.15) is 0 Å². The summed E-state index contributed by atoms with van der Waals surface area (Å²) in [6.07, 6.45) is 0.331. The molecular weight excluding hydrogens is 666 g/mol. The molecule has 1 aromatic rings. The lowest BCUT2D eigenvalue weighted by atomic mass is 9.97. The standard InChI is InChI=1S/C39H65N5O8/c1-23(2)19-28(33(45)41-30(37(49)51-13)22-27-17-15-14-16-18-27)40-35(47)32(26(7)8)43-34(46)31(21-25(5)6)44(12)36(48)29(20-24(3)4)42-38(50)52-39(9,10)11/h14-18,23-26,28-32H,19-22H2,1-13H3,(H,40,47)(H,41,45)(H,42,50)(H,43,46)/t28-,29+,30+,31+,32+/m1/s1. The van der Waals surface area contributed by atoms with Gasteiger partial charge in [-0.05, 0) is 69.3 Å². The fourth-order valence-corrected chi connectivity index (χ4v) is 5.64. The van der Waals surface area contributed by atoms with Crippen molar-refractivity contribution in [2.45, 2.75) is 138 Å². The van der Waals surface area contributed by atoms with Gasteiger partial charge >= 0.3 is 12.1 Å². The summed E-state index contributed by atoms with van der Waals surface area (Å²) in [6, 6.07) is 4.22. The van der Waals surface area contributed by atoms with Gasteiger partial charge in [0.05, 0.1) is 7.11 Å². The monoisotopic (exact) mass is 731 g/mol. The van der Waals surface area contributed by atoms with E-state index in [9.17, 15) is 28.8 Å². The Morgan fingerprint density at radius 2 is 1.19 bits per heavy atom. The van der Waals surface area contributed by atoms with Crippen LogP contribution >= 0.6 is 0 Å². The zero-order chi connectivity index (χ0) is 39.9. The first-order valence-electron chi connectivity index (χ1n) is 18.3. The first-order valence-corrected chi connectivity index (χ1v) is 18.3. The summed E-state index contributed by atoms with van der Waals surface area (Å²) in [5, 5.41) is 11.1. The predicted octanol–water partition coefficient (Wildman–Crippen LogP) is 4.37. The molecule has 13 heteroatoms. The van der Waals surface area contributed by atoms with E-state index in [0.29, 0.717) is 6.42 Å². The summed E-state index contributed by atoms with van der Waals surface area (Å²) in [6.45, 7) is 20.2. The summed E-state index contributed by atoms with van der Waals surface area (Å²) in [4.78, 5) is 82.0. The molecule has 1 rings (SSSR count). The molecule has 0 saturated heterocycles. The highest BCUT2D eigenvalue weighted by molar-refractivity contribution is 5.96. The highest BCUT2D eigenvalue weighted by Crippen LogP contribution is 2.17. The molecule has 1 aromatic carbocycles. The number of ether oxygens (including phenoxy) is 2. The van der Waals surface area contributed by atoms with Gasteiger partial charge in [0.25, 0.3) is 0 Å². The number of benzene rings is 1. The zero-order valence-corrected chi connectivity index (χ0v) is 33.6. The van der Waals surface area contributed by atoms with E-state index >= 15 is 0 Å². The highest BCUT2D eigenvalue weighted by atomic mass is 16.6. The fraction of sp³-hybridized carbons (Fsp3) is 0.692. The second kappa shape index (κ2) is 21.4. The van der Waals surface area contributed by atoms with Gasteiger partial charge in [0.1, 0.15) is 35.8 Å². The number of likely N-dealkylation sites (N-methyl/N-ethyl adjacent to an activating group) is 1. The molecule has 5 amide bonds. The Bertz CT molecular complexity index is 1330. The van der Waals surface area contributed by atoms with E-state index in [-0.39, 0.29) is 37.0 Å². The number of carbonyl (C=O) groups excluding carboxylic acids is 6. The van der Waals surface area contributed by atoms with E-state index in [1.807, 2.05) is 71.9 Å². The molecule has 0 radical (unpaired) electrons. The van der Waals surface area contributed by atoms with E-state index in [0.717, 1.165) is 5.56 Å². The Hall–Kier alpha value is -4.16. The molecular formula is C39H65N5O8. The Balaban J connectivity index is 3.29. The number of amides is 5. The minimum absolute atomic E-state index is 0.00236. The zero-order valence-electron chi connectivity index (χ0n) is 33.6. The summed E-state index contributed by atoms with van der Waals surface area (Å²) in [7, 11) is 2.76. The van der Waals surface area contributed by atoms with Crippen LogP contribution < -0.4 is 21.3 Å². The summed E-state index contributed by atoms with van der Waals surface area (Å²) < 4.78 is 10.4. The number of alkyl carbamates (subject to hydrolysis) is 1. The van der Waals surface area contributed by atoms with E-state index in [4.69, 9.17) is 9.47 Å². The number of nitrogens with zero attached hydrogens (tertiary/aromatic N) is 1. The molecule has 0 saturated carbocycles. The van der Waals surface area contributed by atoms with Crippen LogP contribution in [0.2, 0.25) is 0 Å². The van der Waals surface area contributed by atoms with Crippen LogP contribution in [0.1, 0.15) is 101 Å². The number of hydrogen-bond acceptors (Lipinski definition) is 8. The van der Waals surface area contributed by atoms with Crippen molar-refractivity contribution >= 4 is 35.7 Å². The third-order valence-corrected chi connectivity index (χ3v) is 8.18. The maximum Gasteiger partial charge on any atom is 0.408 e. The van der Waals surface area contributed by atoms with Crippen molar-refractivity contribution in [3.8, 4) is 0 Å². The SMILES string of the molecule is COC(=O)[C@H](Cc1ccccc1)NC(=O)[C@@H](CC(C)C)NC(=O)[C@@H](NC(=O)[C@H](CC(C)C)N(C)C(=O)[C@H](CC(C)C)NC(=O)OC(C)(C)C)C(C)C. The second-order valence-electron chi connectivity index (χ2n) is 16.1. The van der Waals surface area contributed by atoms with Crippen LogP contribution in [0.4, 0.5) is 4.79 Å². The van der Waals surface area contributed by atoms with Crippen LogP contribution in [0, 0.1) is 23.7 Å². The number of esters is 1. The molecule has 0 heterocycles. The van der Waals surface area contributed by atoms with Gasteiger partial charge in [-0.3, -0.25) is 19.2 Å². The van der Waals surface area contributed by atoms with E-state index in [1.165, 1.54) is 19.1 Å². The fourth-order valence-electron chi connectivity index (χ4n) is 5.64.